The lowest BCUT2D eigenvalue weighted by atomic mass is 10.0. The van der Waals surface area contributed by atoms with Crippen LogP contribution in [-0.4, -0.2) is 33.0 Å². The van der Waals surface area contributed by atoms with Gasteiger partial charge in [0.15, 0.2) is 11.0 Å². The van der Waals surface area contributed by atoms with Gasteiger partial charge < -0.3 is 14.6 Å². The highest BCUT2D eigenvalue weighted by Crippen LogP contribution is 2.26. The third-order valence-electron chi connectivity index (χ3n) is 4.92. The molecule has 0 aliphatic carbocycles. The monoisotopic (exact) mass is 452 g/mol. The molecule has 0 radical (unpaired) electrons. The molecule has 1 amide bonds. The Labute approximate surface area is 194 Å². The van der Waals surface area contributed by atoms with Crippen LogP contribution in [0.15, 0.2) is 53.7 Å². The number of hydrogen-bond acceptors (Lipinski definition) is 5. The van der Waals surface area contributed by atoms with Crippen LogP contribution in [0.5, 0.6) is 5.75 Å². The number of hydrogen-bond donors (Lipinski definition) is 1. The molecule has 0 aliphatic heterocycles. The second-order valence-corrected chi connectivity index (χ2v) is 9.34. The van der Waals surface area contributed by atoms with Gasteiger partial charge in [-0.2, -0.15) is 0 Å². The molecule has 0 atom stereocenters. The first-order chi connectivity index (χ1) is 15.4. The van der Waals surface area contributed by atoms with Gasteiger partial charge in [0.2, 0.25) is 5.91 Å². The van der Waals surface area contributed by atoms with Crippen molar-refractivity contribution in [3.63, 3.8) is 0 Å². The summed E-state index contributed by atoms with van der Waals surface area (Å²) in [6.07, 6.45) is 0. The first kappa shape index (κ1) is 23.9. The highest BCUT2D eigenvalue weighted by atomic mass is 32.2. The fourth-order valence-corrected chi connectivity index (χ4v) is 3.94. The number of ether oxygens (including phenoxy) is 1. The average Bonchev–Trinajstić information content (AvgIpc) is 3.20. The summed E-state index contributed by atoms with van der Waals surface area (Å²) in [4.78, 5) is 12.4. The smallest absolute Gasteiger partial charge is 0.234 e. The van der Waals surface area contributed by atoms with E-state index in [1.165, 1.54) is 17.3 Å². The predicted octanol–water partition coefficient (Wildman–Crippen LogP) is 5.85. The van der Waals surface area contributed by atoms with Crippen LogP contribution in [-0.2, 0) is 11.3 Å². The first-order valence-corrected chi connectivity index (χ1v) is 12.0. The first-order valence-electron chi connectivity index (χ1n) is 11.1. The SMILES string of the molecule is CCn1c(SCC(=O)Nc2ccc(C(C)C)cc2)nnc1-c1ccc(OCC(C)C)cc1. The Hall–Kier alpha value is -2.80. The van der Waals surface area contributed by atoms with E-state index in [0.717, 1.165) is 28.0 Å². The highest BCUT2D eigenvalue weighted by Gasteiger charge is 2.15. The minimum absolute atomic E-state index is 0.0637. The summed E-state index contributed by atoms with van der Waals surface area (Å²) in [5, 5.41) is 12.4. The van der Waals surface area contributed by atoms with Crippen molar-refractivity contribution in [1.82, 2.24) is 14.8 Å². The number of nitrogens with zero attached hydrogens (tertiary/aromatic N) is 3. The molecule has 3 rings (SSSR count). The van der Waals surface area contributed by atoms with E-state index in [0.29, 0.717) is 25.0 Å². The molecule has 170 valence electrons. The van der Waals surface area contributed by atoms with E-state index in [1.807, 2.05) is 60.0 Å². The number of nitrogens with one attached hydrogen (secondary N) is 1. The van der Waals surface area contributed by atoms with E-state index < -0.39 is 0 Å². The van der Waals surface area contributed by atoms with Gasteiger partial charge in [0, 0.05) is 17.8 Å². The molecule has 6 nitrogen and oxygen atoms in total. The lowest BCUT2D eigenvalue weighted by Gasteiger charge is -2.10. The molecule has 0 spiro atoms. The zero-order chi connectivity index (χ0) is 23.1. The zero-order valence-electron chi connectivity index (χ0n) is 19.5. The molecule has 7 heteroatoms. The van der Waals surface area contributed by atoms with Crippen molar-refractivity contribution in [2.45, 2.75) is 52.2 Å². The van der Waals surface area contributed by atoms with Gasteiger partial charge >= 0.3 is 0 Å². The number of carbonyl (C=O) groups is 1. The molecule has 1 aromatic heterocycles. The summed E-state index contributed by atoms with van der Waals surface area (Å²) in [6.45, 7) is 12.0. The number of aromatic nitrogens is 3. The summed E-state index contributed by atoms with van der Waals surface area (Å²) >= 11 is 1.39. The van der Waals surface area contributed by atoms with Gasteiger partial charge in [-0.3, -0.25) is 4.79 Å². The van der Waals surface area contributed by atoms with Crippen LogP contribution in [0, 0.1) is 5.92 Å². The maximum atomic E-state index is 12.4. The maximum absolute atomic E-state index is 12.4. The number of anilines is 1. The molecule has 0 aliphatic rings. The van der Waals surface area contributed by atoms with Gasteiger partial charge in [-0.05, 0) is 60.7 Å². The Kier molecular flexibility index (Phi) is 8.33. The molecule has 0 saturated heterocycles. The van der Waals surface area contributed by atoms with Crippen LogP contribution in [0.4, 0.5) is 5.69 Å². The number of carbonyl (C=O) groups excluding carboxylic acids is 1. The Morgan fingerprint density at radius 3 is 2.31 bits per heavy atom. The molecule has 1 N–H and O–H groups in total. The van der Waals surface area contributed by atoms with Gasteiger partial charge in [-0.15, -0.1) is 10.2 Å². The van der Waals surface area contributed by atoms with Crippen LogP contribution in [0.3, 0.4) is 0 Å². The third kappa shape index (κ3) is 6.36. The molecular weight excluding hydrogens is 420 g/mol. The number of thioether (sulfide) groups is 1. The fourth-order valence-electron chi connectivity index (χ4n) is 3.14. The molecule has 0 saturated carbocycles. The number of rotatable bonds is 10. The fraction of sp³-hybridized carbons (Fsp3) is 0.400. The van der Waals surface area contributed by atoms with Crippen molar-refractivity contribution in [2.75, 3.05) is 17.7 Å². The molecule has 32 heavy (non-hydrogen) atoms. The van der Waals surface area contributed by atoms with Gasteiger partial charge in [-0.25, -0.2) is 0 Å². The molecule has 0 unspecified atom stereocenters. The molecule has 2 aromatic carbocycles. The van der Waals surface area contributed by atoms with Gasteiger partial charge in [-0.1, -0.05) is 51.6 Å². The Bertz CT molecular complexity index is 1010. The van der Waals surface area contributed by atoms with Crippen LogP contribution in [0.2, 0.25) is 0 Å². The predicted molar refractivity (Wildman–Crippen MR) is 131 cm³/mol. The number of amides is 1. The van der Waals surface area contributed by atoms with Crippen molar-refractivity contribution in [3.8, 4) is 17.1 Å². The largest absolute Gasteiger partial charge is 0.493 e. The van der Waals surface area contributed by atoms with E-state index in [-0.39, 0.29) is 11.7 Å². The van der Waals surface area contributed by atoms with Gasteiger partial charge in [0.1, 0.15) is 5.75 Å². The van der Waals surface area contributed by atoms with E-state index >= 15 is 0 Å². The zero-order valence-corrected chi connectivity index (χ0v) is 20.3. The molecule has 0 bridgehead atoms. The van der Waals surface area contributed by atoms with Crippen LogP contribution in [0.25, 0.3) is 11.4 Å². The quantitative estimate of drug-likeness (QED) is 0.391. The van der Waals surface area contributed by atoms with E-state index in [9.17, 15) is 4.79 Å². The van der Waals surface area contributed by atoms with Crippen molar-refractivity contribution >= 4 is 23.4 Å². The Balaban J connectivity index is 1.61. The van der Waals surface area contributed by atoms with Gasteiger partial charge in [0.25, 0.3) is 0 Å². The molecule has 1 heterocycles. The van der Waals surface area contributed by atoms with Crippen LogP contribution in [0.1, 0.15) is 46.1 Å². The normalized spacial score (nSPS) is 11.2. The van der Waals surface area contributed by atoms with E-state index in [4.69, 9.17) is 4.74 Å². The number of benzene rings is 2. The third-order valence-corrected chi connectivity index (χ3v) is 5.89. The highest BCUT2D eigenvalue weighted by molar-refractivity contribution is 7.99. The second kappa shape index (κ2) is 11.2. The van der Waals surface area contributed by atoms with Crippen molar-refractivity contribution in [2.24, 2.45) is 5.92 Å². The average molecular weight is 453 g/mol. The van der Waals surface area contributed by atoms with Crippen LogP contribution >= 0.6 is 11.8 Å². The Morgan fingerprint density at radius 1 is 1.03 bits per heavy atom. The lowest BCUT2D eigenvalue weighted by molar-refractivity contribution is -0.113. The standard InChI is InChI=1S/C25H32N4O2S/c1-6-29-24(20-9-13-22(14-10-20)31-15-17(2)3)27-28-25(29)32-16-23(30)26-21-11-7-19(8-12-21)18(4)5/h7-14,17-18H,6,15-16H2,1-5H3,(H,26,30). The summed E-state index contributed by atoms with van der Waals surface area (Å²) in [5.41, 5.74) is 3.02. The molecule has 3 aromatic rings. The molecule has 0 fully saturated rings. The summed E-state index contributed by atoms with van der Waals surface area (Å²) in [6, 6.07) is 15.9. The van der Waals surface area contributed by atoms with Crippen molar-refractivity contribution in [1.29, 1.82) is 0 Å². The lowest BCUT2D eigenvalue weighted by Crippen LogP contribution is -2.14. The topological polar surface area (TPSA) is 69.0 Å². The summed E-state index contributed by atoms with van der Waals surface area (Å²) < 4.78 is 7.79. The minimum Gasteiger partial charge on any atom is -0.493 e. The van der Waals surface area contributed by atoms with E-state index in [2.05, 4.69) is 43.2 Å². The van der Waals surface area contributed by atoms with Crippen LogP contribution < -0.4 is 10.1 Å². The van der Waals surface area contributed by atoms with E-state index in [1.54, 1.807) is 0 Å². The van der Waals surface area contributed by atoms with Crippen molar-refractivity contribution in [3.05, 3.63) is 54.1 Å². The Morgan fingerprint density at radius 2 is 1.72 bits per heavy atom. The molecular formula is C25H32N4O2S. The second-order valence-electron chi connectivity index (χ2n) is 8.39. The summed E-state index contributed by atoms with van der Waals surface area (Å²) in [5.74, 6) is 2.79. The minimum atomic E-state index is -0.0637. The van der Waals surface area contributed by atoms with Gasteiger partial charge in [0.05, 0.1) is 12.4 Å². The maximum Gasteiger partial charge on any atom is 0.234 e. The van der Waals surface area contributed by atoms with Crippen molar-refractivity contribution < 1.29 is 9.53 Å². The summed E-state index contributed by atoms with van der Waals surface area (Å²) in [7, 11) is 0.